The highest BCUT2D eigenvalue weighted by atomic mass is 16.5. The average molecular weight is 403 g/mol. The number of hydrogen-bond donors (Lipinski definition) is 2. The van der Waals surface area contributed by atoms with E-state index >= 15 is 0 Å². The summed E-state index contributed by atoms with van der Waals surface area (Å²) in [4.78, 5) is 25.8. The van der Waals surface area contributed by atoms with Crippen LogP contribution in [0.25, 0.3) is 0 Å². The lowest BCUT2D eigenvalue weighted by Gasteiger charge is -2.12. The van der Waals surface area contributed by atoms with E-state index in [1.807, 2.05) is 54.6 Å². The zero-order valence-electron chi connectivity index (χ0n) is 17.1. The van der Waals surface area contributed by atoms with Gasteiger partial charge in [-0.25, -0.2) is 0 Å². The van der Waals surface area contributed by atoms with Crippen molar-refractivity contribution in [3.63, 3.8) is 0 Å². The van der Waals surface area contributed by atoms with E-state index < -0.39 is 0 Å². The van der Waals surface area contributed by atoms with Crippen LogP contribution >= 0.6 is 0 Å². The van der Waals surface area contributed by atoms with Crippen molar-refractivity contribution in [2.45, 2.75) is 6.61 Å². The lowest BCUT2D eigenvalue weighted by atomic mass is 10.2. The van der Waals surface area contributed by atoms with Crippen LogP contribution < -0.4 is 15.4 Å². The summed E-state index contributed by atoms with van der Waals surface area (Å²) in [6.07, 6.45) is 0. The fourth-order valence-corrected chi connectivity index (χ4v) is 2.81. The van der Waals surface area contributed by atoms with E-state index in [0.29, 0.717) is 17.9 Å². The molecule has 0 radical (unpaired) electrons. The van der Waals surface area contributed by atoms with Crippen molar-refractivity contribution in [2.24, 2.45) is 0 Å². The quantitative estimate of drug-likeness (QED) is 0.596. The zero-order valence-corrected chi connectivity index (χ0v) is 17.1. The smallest absolute Gasteiger partial charge is 0.253 e. The number of anilines is 2. The second-order valence-electron chi connectivity index (χ2n) is 6.98. The molecular weight excluding hydrogens is 378 g/mol. The molecule has 0 aliphatic rings. The molecule has 154 valence electrons. The fourth-order valence-electron chi connectivity index (χ4n) is 2.81. The van der Waals surface area contributed by atoms with Gasteiger partial charge < -0.3 is 20.3 Å². The number of amides is 2. The summed E-state index contributed by atoms with van der Waals surface area (Å²) in [5.41, 5.74) is 2.97. The average Bonchev–Trinajstić information content (AvgIpc) is 2.77. The predicted molar refractivity (Wildman–Crippen MR) is 119 cm³/mol. The molecule has 2 N–H and O–H groups in total. The van der Waals surface area contributed by atoms with Crippen LogP contribution in [0, 0.1) is 0 Å². The minimum atomic E-state index is -0.208. The molecule has 0 aliphatic heterocycles. The molecule has 0 aliphatic carbocycles. The first-order valence-corrected chi connectivity index (χ1v) is 9.63. The van der Waals surface area contributed by atoms with E-state index in [9.17, 15) is 9.59 Å². The molecule has 3 rings (SSSR count). The SMILES string of the molecule is CN(C)C(=O)c1cccc(NC(=O)CNc2cccc(OCc3ccccc3)c2)c1. The molecule has 6 heteroatoms. The minimum absolute atomic E-state index is 0.0913. The summed E-state index contributed by atoms with van der Waals surface area (Å²) in [6.45, 7) is 0.570. The van der Waals surface area contributed by atoms with Gasteiger partial charge in [-0.2, -0.15) is 0 Å². The van der Waals surface area contributed by atoms with E-state index in [2.05, 4.69) is 10.6 Å². The summed E-state index contributed by atoms with van der Waals surface area (Å²) in [7, 11) is 3.38. The van der Waals surface area contributed by atoms with Crippen molar-refractivity contribution in [1.82, 2.24) is 4.90 Å². The van der Waals surface area contributed by atoms with E-state index in [1.165, 1.54) is 4.90 Å². The third kappa shape index (κ3) is 6.10. The van der Waals surface area contributed by atoms with Crippen LogP contribution in [-0.4, -0.2) is 37.4 Å². The Morgan fingerprint density at radius 3 is 2.37 bits per heavy atom. The number of nitrogens with one attached hydrogen (secondary N) is 2. The van der Waals surface area contributed by atoms with Gasteiger partial charge in [0.25, 0.3) is 5.91 Å². The zero-order chi connectivity index (χ0) is 21.3. The number of ether oxygens (including phenoxy) is 1. The molecule has 0 heterocycles. The summed E-state index contributed by atoms with van der Waals surface area (Å²) in [5.74, 6) is 0.399. The molecule has 0 spiro atoms. The number of benzene rings is 3. The van der Waals surface area contributed by atoms with Crippen molar-refractivity contribution in [3.05, 3.63) is 90.0 Å². The van der Waals surface area contributed by atoms with Gasteiger partial charge in [-0.15, -0.1) is 0 Å². The lowest BCUT2D eigenvalue weighted by molar-refractivity contribution is -0.114. The minimum Gasteiger partial charge on any atom is -0.489 e. The first-order valence-electron chi connectivity index (χ1n) is 9.63. The maximum Gasteiger partial charge on any atom is 0.253 e. The second-order valence-corrected chi connectivity index (χ2v) is 6.98. The van der Waals surface area contributed by atoms with Gasteiger partial charge in [0.15, 0.2) is 0 Å². The van der Waals surface area contributed by atoms with E-state index in [4.69, 9.17) is 4.74 Å². The van der Waals surface area contributed by atoms with E-state index in [1.54, 1.807) is 38.4 Å². The van der Waals surface area contributed by atoms with Crippen molar-refractivity contribution in [2.75, 3.05) is 31.3 Å². The van der Waals surface area contributed by atoms with Crippen LogP contribution in [0.15, 0.2) is 78.9 Å². The van der Waals surface area contributed by atoms with Crippen molar-refractivity contribution in [1.29, 1.82) is 0 Å². The van der Waals surface area contributed by atoms with Crippen LogP contribution in [0.5, 0.6) is 5.75 Å². The molecule has 0 aromatic heterocycles. The third-order valence-corrected chi connectivity index (χ3v) is 4.33. The van der Waals surface area contributed by atoms with Crippen LogP contribution in [0.1, 0.15) is 15.9 Å². The predicted octanol–water partition coefficient (Wildman–Crippen LogP) is 4.02. The molecule has 3 aromatic carbocycles. The van der Waals surface area contributed by atoms with E-state index in [0.717, 1.165) is 17.0 Å². The van der Waals surface area contributed by atoms with Gasteiger partial charge >= 0.3 is 0 Å². The highest BCUT2D eigenvalue weighted by molar-refractivity contribution is 5.97. The first kappa shape index (κ1) is 20.9. The number of carbonyl (C=O) groups excluding carboxylic acids is 2. The lowest BCUT2D eigenvalue weighted by Crippen LogP contribution is -2.23. The number of rotatable bonds is 8. The molecule has 0 atom stereocenters. The number of carbonyl (C=O) groups is 2. The maximum atomic E-state index is 12.3. The van der Waals surface area contributed by atoms with Crippen LogP contribution in [0.4, 0.5) is 11.4 Å². The Kier molecular flexibility index (Phi) is 7.05. The molecule has 0 saturated carbocycles. The van der Waals surface area contributed by atoms with Gasteiger partial charge in [0, 0.05) is 37.1 Å². The molecule has 0 saturated heterocycles. The van der Waals surface area contributed by atoms with Gasteiger partial charge in [-0.1, -0.05) is 42.5 Å². The fraction of sp³-hybridized carbons (Fsp3) is 0.167. The Labute approximate surface area is 176 Å². The summed E-state index contributed by atoms with van der Waals surface area (Å²) in [6, 6.07) is 24.3. The molecule has 6 nitrogen and oxygen atoms in total. The van der Waals surface area contributed by atoms with Gasteiger partial charge in [-0.3, -0.25) is 9.59 Å². The van der Waals surface area contributed by atoms with Crippen molar-refractivity contribution >= 4 is 23.2 Å². The second kappa shape index (κ2) is 10.1. The summed E-state index contributed by atoms with van der Waals surface area (Å²) < 4.78 is 5.81. The molecule has 30 heavy (non-hydrogen) atoms. The summed E-state index contributed by atoms with van der Waals surface area (Å²) >= 11 is 0. The third-order valence-electron chi connectivity index (χ3n) is 4.33. The Hall–Kier alpha value is -3.80. The number of nitrogens with zero attached hydrogens (tertiary/aromatic N) is 1. The molecule has 2 amide bonds. The number of hydrogen-bond acceptors (Lipinski definition) is 4. The van der Waals surface area contributed by atoms with E-state index in [-0.39, 0.29) is 18.4 Å². The molecule has 0 unspecified atom stereocenters. The van der Waals surface area contributed by atoms with Crippen molar-refractivity contribution < 1.29 is 14.3 Å². The van der Waals surface area contributed by atoms with Crippen LogP contribution in [0.3, 0.4) is 0 Å². The van der Waals surface area contributed by atoms with Gasteiger partial charge in [-0.05, 0) is 35.9 Å². The highest BCUT2D eigenvalue weighted by Crippen LogP contribution is 2.19. The van der Waals surface area contributed by atoms with Crippen molar-refractivity contribution in [3.8, 4) is 5.75 Å². The van der Waals surface area contributed by atoms with Crippen LogP contribution in [-0.2, 0) is 11.4 Å². The molecular formula is C24H25N3O3. The Morgan fingerprint density at radius 2 is 1.60 bits per heavy atom. The van der Waals surface area contributed by atoms with Gasteiger partial charge in [0.2, 0.25) is 5.91 Å². The first-order chi connectivity index (χ1) is 14.5. The van der Waals surface area contributed by atoms with Gasteiger partial charge in [0.05, 0.1) is 6.54 Å². The topological polar surface area (TPSA) is 70.7 Å². The van der Waals surface area contributed by atoms with Gasteiger partial charge in [0.1, 0.15) is 12.4 Å². The Balaban J connectivity index is 1.52. The normalized spacial score (nSPS) is 10.2. The largest absolute Gasteiger partial charge is 0.489 e. The molecule has 3 aromatic rings. The molecule has 0 bridgehead atoms. The Morgan fingerprint density at radius 1 is 0.867 bits per heavy atom. The van der Waals surface area contributed by atoms with Crippen LogP contribution in [0.2, 0.25) is 0 Å². The standard InChI is InChI=1S/C24H25N3O3/c1-27(2)24(29)19-10-6-12-21(14-19)26-23(28)16-25-20-11-7-13-22(15-20)30-17-18-8-4-3-5-9-18/h3-15,25H,16-17H2,1-2H3,(H,26,28). The Bertz CT molecular complexity index is 1000. The monoisotopic (exact) mass is 403 g/mol. The maximum absolute atomic E-state index is 12.3. The highest BCUT2D eigenvalue weighted by Gasteiger charge is 2.09. The molecule has 0 fully saturated rings. The summed E-state index contributed by atoms with van der Waals surface area (Å²) in [5, 5.41) is 5.90.